The quantitative estimate of drug-likeness (QED) is 0.225. The first-order chi connectivity index (χ1) is 15.7. The van der Waals surface area contributed by atoms with Crippen molar-refractivity contribution in [3.05, 3.63) is 58.2 Å². The van der Waals surface area contributed by atoms with E-state index in [0.717, 1.165) is 18.2 Å². The van der Waals surface area contributed by atoms with Crippen molar-refractivity contribution in [2.45, 2.75) is 16.6 Å². The number of hydrogen-bond acceptors (Lipinski definition) is 6. The lowest BCUT2D eigenvalue weighted by molar-refractivity contribution is -0.140. The minimum Gasteiger partial charge on any atom is -0.281 e. The third kappa shape index (κ3) is 4.74. The summed E-state index contributed by atoms with van der Waals surface area (Å²) in [4.78, 5) is 7.63. The molecular formula is C19H8F6N4O3S2. The summed E-state index contributed by atoms with van der Waals surface area (Å²) in [5, 5.41) is 5.87. The molecule has 3 heterocycles. The van der Waals surface area contributed by atoms with Crippen LogP contribution < -0.4 is 0 Å². The molecule has 4 aromatic rings. The molecule has 0 bridgehead atoms. The molecule has 0 saturated carbocycles. The number of benzene rings is 1. The summed E-state index contributed by atoms with van der Waals surface area (Å²) in [6.45, 7) is 0. The van der Waals surface area contributed by atoms with Gasteiger partial charge in [-0.15, -0.1) is 11.3 Å². The second-order valence-corrected chi connectivity index (χ2v) is 9.34. The Morgan fingerprint density at radius 1 is 0.882 bits per heavy atom. The van der Waals surface area contributed by atoms with Crippen LogP contribution in [-0.4, -0.2) is 33.1 Å². The van der Waals surface area contributed by atoms with Gasteiger partial charge in [-0.1, -0.05) is 12.1 Å². The number of rotatable bonds is 2. The van der Waals surface area contributed by atoms with E-state index in [0.29, 0.717) is 23.5 Å². The summed E-state index contributed by atoms with van der Waals surface area (Å²) in [7, 11) is -4.44. The molecule has 0 aliphatic rings. The smallest absolute Gasteiger partial charge is 0.281 e. The summed E-state index contributed by atoms with van der Waals surface area (Å²) in [6, 6.07) is 5.65. The fourth-order valence-corrected chi connectivity index (χ4v) is 4.29. The number of halogens is 6. The van der Waals surface area contributed by atoms with Crippen molar-refractivity contribution in [3.8, 4) is 23.2 Å². The van der Waals surface area contributed by atoms with Crippen molar-refractivity contribution in [2.24, 2.45) is 0 Å². The number of nitrogens with zero attached hydrogens (tertiary/aromatic N) is 3. The molecule has 0 unspecified atom stereocenters. The van der Waals surface area contributed by atoms with Gasteiger partial charge in [0.05, 0.1) is 10.4 Å². The molecule has 34 heavy (non-hydrogen) atoms. The Kier molecular flexibility index (Phi) is 5.62. The predicted octanol–water partition coefficient (Wildman–Crippen LogP) is 4.77. The molecule has 0 aliphatic heterocycles. The average Bonchev–Trinajstić information content (AvgIpc) is 3.37. The third-order valence-corrected chi connectivity index (χ3v) is 6.61. The fraction of sp³-hybridized carbons (Fsp3) is 0.105. The highest BCUT2D eigenvalue weighted by Gasteiger charge is 2.37. The molecule has 1 aromatic carbocycles. The Balaban J connectivity index is 1.83. The molecular weight excluding hydrogens is 510 g/mol. The van der Waals surface area contributed by atoms with E-state index in [1.165, 1.54) is 6.07 Å². The van der Waals surface area contributed by atoms with E-state index >= 15 is 0 Å². The first-order valence-electron chi connectivity index (χ1n) is 8.84. The lowest BCUT2D eigenvalue weighted by atomic mass is 10.1. The van der Waals surface area contributed by atoms with Gasteiger partial charge < -0.3 is 0 Å². The number of hydrogen-bond donors (Lipinski definition) is 2. The van der Waals surface area contributed by atoms with Crippen molar-refractivity contribution in [1.29, 1.82) is 0 Å². The molecule has 2 N–H and O–H groups in total. The van der Waals surface area contributed by atoms with Gasteiger partial charge in [-0.3, -0.25) is 9.65 Å². The number of thiophene rings is 1. The molecule has 0 spiro atoms. The summed E-state index contributed by atoms with van der Waals surface area (Å²) in [6.07, 6.45) is -9.59. The Morgan fingerprint density at radius 3 is 2.12 bits per heavy atom. The number of nitrogens with one attached hydrogen (secondary N) is 1. The zero-order chi connectivity index (χ0) is 24.9. The second kappa shape index (κ2) is 8.08. The van der Waals surface area contributed by atoms with Crippen molar-refractivity contribution in [3.63, 3.8) is 0 Å². The molecule has 7 nitrogen and oxygen atoms in total. The van der Waals surface area contributed by atoms with Crippen molar-refractivity contribution in [1.82, 2.24) is 20.2 Å². The Labute approximate surface area is 190 Å². The molecule has 0 amide bonds. The van der Waals surface area contributed by atoms with E-state index in [1.54, 1.807) is 0 Å². The van der Waals surface area contributed by atoms with Crippen LogP contribution in [-0.2, 0) is 22.5 Å². The maximum atomic E-state index is 13.6. The van der Waals surface area contributed by atoms with Gasteiger partial charge in [0.2, 0.25) is 0 Å². The van der Waals surface area contributed by atoms with Gasteiger partial charge in [0.25, 0.3) is 0 Å². The molecule has 3 aromatic heterocycles. The van der Waals surface area contributed by atoms with Crippen LogP contribution in [0.2, 0.25) is 0 Å². The van der Waals surface area contributed by atoms with E-state index in [2.05, 4.69) is 32.0 Å². The molecule has 0 aliphatic carbocycles. The summed E-state index contributed by atoms with van der Waals surface area (Å²) < 4.78 is 110. The van der Waals surface area contributed by atoms with Crippen LogP contribution in [0.15, 0.2) is 40.6 Å². The third-order valence-electron chi connectivity index (χ3n) is 4.29. The van der Waals surface area contributed by atoms with Crippen LogP contribution in [0.25, 0.3) is 22.4 Å². The van der Waals surface area contributed by atoms with Gasteiger partial charge in [-0.05, 0) is 36.1 Å². The topological polar surface area (TPSA) is 109 Å². The SMILES string of the molecule is O=S(=O)(O)c1ccc(C#Cc2[nH]nc3c(C(F)(F)F)nc(-c4ccc(C(F)(F)F)cc4)nc23)s1. The second-order valence-electron chi connectivity index (χ2n) is 6.61. The van der Waals surface area contributed by atoms with Crippen molar-refractivity contribution in [2.75, 3.05) is 0 Å². The van der Waals surface area contributed by atoms with Crippen LogP contribution in [0.1, 0.15) is 21.8 Å². The van der Waals surface area contributed by atoms with Crippen LogP contribution in [0.4, 0.5) is 26.3 Å². The summed E-state index contributed by atoms with van der Waals surface area (Å²) >= 11 is 0.627. The largest absolute Gasteiger partial charge is 0.435 e. The monoisotopic (exact) mass is 518 g/mol. The predicted molar refractivity (Wildman–Crippen MR) is 107 cm³/mol. The number of aromatic nitrogens is 4. The summed E-state index contributed by atoms with van der Waals surface area (Å²) in [5.41, 5.74) is -3.67. The Hall–Kier alpha value is -3.48. The maximum Gasteiger partial charge on any atom is 0.435 e. The molecule has 15 heteroatoms. The normalized spacial score (nSPS) is 12.6. The van der Waals surface area contributed by atoms with Gasteiger partial charge in [0, 0.05) is 5.56 Å². The van der Waals surface area contributed by atoms with Crippen molar-refractivity contribution < 1.29 is 39.3 Å². The minimum atomic E-state index is -4.96. The first kappa shape index (κ1) is 23.7. The summed E-state index contributed by atoms with van der Waals surface area (Å²) in [5.74, 6) is 4.53. The van der Waals surface area contributed by atoms with Gasteiger partial charge >= 0.3 is 22.5 Å². The van der Waals surface area contributed by atoms with Gasteiger partial charge in [-0.2, -0.15) is 39.9 Å². The standard InChI is InChI=1S/C19H8F6N4O3S2/c20-18(21,22)10-3-1-9(2-4-10)17-26-14-12(28-29-15(14)16(27-17)19(23,24)25)7-5-11-6-8-13(33-11)34(30,31)32/h1-4,6,8H,(H,28,29)(H,30,31,32). The highest BCUT2D eigenvalue weighted by atomic mass is 32.3. The molecule has 0 atom stereocenters. The van der Waals surface area contributed by atoms with E-state index in [9.17, 15) is 34.8 Å². The van der Waals surface area contributed by atoms with Crippen LogP contribution in [0.5, 0.6) is 0 Å². The van der Waals surface area contributed by atoms with Gasteiger partial charge in [-0.25, -0.2) is 9.97 Å². The van der Waals surface area contributed by atoms with Gasteiger partial charge in [0.15, 0.2) is 11.5 Å². The highest BCUT2D eigenvalue weighted by Crippen LogP contribution is 2.35. The first-order valence-corrected chi connectivity index (χ1v) is 11.1. The number of alkyl halides is 6. The maximum absolute atomic E-state index is 13.6. The van der Waals surface area contributed by atoms with E-state index in [-0.39, 0.29) is 25.9 Å². The lowest BCUT2D eigenvalue weighted by Crippen LogP contribution is -2.11. The fourth-order valence-electron chi connectivity index (χ4n) is 2.77. The minimum absolute atomic E-state index is 0.100. The molecule has 176 valence electrons. The Bertz CT molecular complexity index is 1560. The molecule has 4 rings (SSSR count). The van der Waals surface area contributed by atoms with Crippen LogP contribution >= 0.6 is 11.3 Å². The van der Waals surface area contributed by atoms with Gasteiger partial charge in [0.1, 0.15) is 20.9 Å². The number of H-pyrrole nitrogens is 1. The van der Waals surface area contributed by atoms with Crippen LogP contribution in [0, 0.1) is 11.8 Å². The lowest BCUT2D eigenvalue weighted by Gasteiger charge is -2.10. The number of aromatic amines is 1. The van der Waals surface area contributed by atoms with E-state index < -0.39 is 45.1 Å². The zero-order valence-corrected chi connectivity index (χ0v) is 17.8. The molecule has 0 fully saturated rings. The Morgan fingerprint density at radius 2 is 1.56 bits per heavy atom. The van der Waals surface area contributed by atoms with Crippen molar-refractivity contribution >= 4 is 32.5 Å². The highest BCUT2D eigenvalue weighted by molar-refractivity contribution is 7.88. The number of fused-ring (bicyclic) bond motifs is 1. The molecule has 0 saturated heterocycles. The van der Waals surface area contributed by atoms with Crippen LogP contribution in [0.3, 0.4) is 0 Å². The van der Waals surface area contributed by atoms with E-state index in [4.69, 9.17) is 4.55 Å². The zero-order valence-electron chi connectivity index (χ0n) is 16.2. The molecule has 0 radical (unpaired) electrons. The average molecular weight is 518 g/mol. The van der Waals surface area contributed by atoms with E-state index in [1.807, 2.05) is 0 Å².